The molecule has 5 rings (SSSR count). The predicted octanol–water partition coefficient (Wildman–Crippen LogP) is 3.62. The molecular weight excluding hydrogens is 587 g/mol. The number of hydrogen-bond donors (Lipinski definition) is 3. The maximum atomic E-state index is 14.3. The summed E-state index contributed by atoms with van der Waals surface area (Å²) in [5, 5.41) is 15.4. The molecule has 1 aromatic carbocycles. The Morgan fingerprint density at radius 2 is 1.91 bits per heavy atom. The molecule has 0 spiro atoms. The number of nitrogens with one attached hydrogen (secondary N) is 2. The smallest absolute Gasteiger partial charge is 0.410 e. The summed E-state index contributed by atoms with van der Waals surface area (Å²) in [6, 6.07) is 2.45. The molecule has 1 aliphatic carbocycles. The highest BCUT2D eigenvalue weighted by atomic mass is 19.1. The van der Waals surface area contributed by atoms with Crippen molar-refractivity contribution in [3.05, 3.63) is 47.3 Å². The molecule has 0 aromatic heterocycles. The van der Waals surface area contributed by atoms with Crippen LogP contribution < -0.4 is 10.6 Å². The van der Waals surface area contributed by atoms with E-state index < -0.39 is 65.1 Å². The maximum Gasteiger partial charge on any atom is 0.410 e. The van der Waals surface area contributed by atoms with Gasteiger partial charge in [0.05, 0.1) is 13.1 Å². The molecule has 12 nitrogen and oxygen atoms in total. The van der Waals surface area contributed by atoms with Gasteiger partial charge in [-0.05, 0) is 58.1 Å². The van der Waals surface area contributed by atoms with E-state index in [0.29, 0.717) is 17.5 Å². The van der Waals surface area contributed by atoms with Crippen LogP contribution in [0.1, 0.15) is 76.8 Å². The van der Waals surface area contributed by atoms with E-state index in [9.17, 15) is 33.5 Å². The number of carbonyl (C=O) groups excluding carboxylic acids is 4. The Hall–Kier alpha value is -4.16. The molecule has 1 saturated carbocycles. The van der Waals surface area contributed by atoms with Gasteiger partial charge in [0.2, 0.25) is 11.8 Å². The van der Waals surface area contributed by atoms with Crippen molar-refractivity contribution < 1.29 is 42.9 Å². The van der Waals surface area contributed by atoms with Crippen molar-refractivity contribution >= 4 is 30.0 Å². The summed E-state index contributed by atoms with van der Waals surface area (Å²) in [5.74, 6) is -3.20. The third kappa shape index (κ3) is 7.23. The second-order valence-corrected chi connectivity index (χ2v) is 13.3. The van der Waals surface area contributed by atoms with Gasteiger partial charge < -0.3 is 30.1 Å². The van der Waals surface area contributed by atoms with Gasteiger partial charge in [-0.2, -0.15) is 0 Å². The van der Waals surface area contributed by atoms with E-state index in [1.54, 1.807) is 32.9 Å². The number of benzene rings is 1. The second kappa shape index (κ2) is 12.7. The number of carboxylic acids is 1. The van der Waals surface area contributed by atoms with E-state index in [0.717, 1.165) is 19.3 Å². The summed E-state index contributed by atoms with van der Waals surface area (Å²) in [6.07, 6.45) is 4.66. The van der Waals surface area contributed by atoms with E-state index in [4.69, 9.17) is 9.47 Å². The highest BCUT2D eigenvalue weighted by molar-refractivity contribution is 5.96. The van der Waals surface area contributed by atoms with Crippen LogP contribution in [0, 0.1) is 11.7 Å². The first-order valence-electron chi connectivity index (χ1n) is 15.5. The molecule has 1 saturated heterocycles. The van der Waals surface area contributed by atoms with Crippen LogP contribution in [0.15, 0.2) is 30.4 Å². The van der Waals surface area contributed by atoms with Crippen molar-refractivity contribution in [3.63, 3.8) is 0 Å². The van der Waals surface area contributed by atoms with Gasteiger partial charge in [-0.1, -0.05) is 37.1 Å². The van der Waals surface area contributed by atoms with Crippen molar-refractivity contribution in [2.24, 2.45) is 5.92 Å². The van der Waals surface area contributed by atoms with Crippen LogP contribution in [0.25, 0.3) is 0 Å². The molecule has 45 heavy (non-hydrogen) atoms. The Morgan fingerprint density at radius 1 is 1.13 bits per heavy atom. The van der Waals surface area contributed by atoms with Crippen molar-refractivity contribution in [1.82, 2.24) is 20.4 Å². The number of halogens is 1. The van der Waals surface area contributed by atoms with Crippen molar-refractivity contribution in [2.75, 3.05) is 6.54 Å². The number of ether oxygens (including phenoxy) is 2. The fourth-order valence-electron chi connectivity index (χ4n) is 6.32. The number of fused-ring (bicyclic) bond motifs is 3. The topological polar surface area (TPSA) is 155 Å². The van der Waals surface area contributed by atoms with Crippen molar-refractivity contribution in [1.29, 1.82) is 0 Å². The zero-order valence-electron chi connectivity index (χ0n) is 25.8. The van der Waals surface area contributed by atoms with E-state index in [1.807, 2.05) is 12.2 Å². The Labute approximate surface area is 261 Å². The molecule has 13 heteroatoms. The second-order valence-electron chi connectivity index (χ2n) is 13.3. The lowest BCUT2D eigenvalue weighted by Crippen LogP contribution is -2.56. The van der Waals surface area contributed by atoms with Gasteiger partial charge in [0.15, 0.2) is 0 Å². The molecule has 5 atom stereocenters. The Morgan fingerprint density at radius 3 is 2.62 bits per heavy atom. The lowest BCUT2D eigenvalue weighted by Gasteiger charge is -2.30. The summed E-state index contributed by atoms with van der Waals surface area (Å²) in [5.41, 5.74) is -1.22. The van der Waals surface area contributed by atoms with Crippen molar-refractivity contribution in [3.8, 4) is 0 Å². The molecule has 0 radical (unpaired) electrons. The minimum absolute atomic E-state index is 0.0258. The average molecular weight is 629 g/mol. The Bertz CT molecular complexity index is 1390. The average Bonchev–Trinajstić information content (AvgIpc) is 3.27. The number of alkyl carbamates (subject to hydrolysis) is 1. The van der Waals surface area contributed by atoms with Gasteiger partial charge in [0.1, 0.15) is 35.1 Å². The van der Waals surface area contributed by atoms with Crippen LogP contribution in [0.2, 0.25) is 0 Å². The largest absolute Gasteiger partial charge is 0.479 e. The number of carboxylic acid groups (broad SMARTS) is 1. The van der Waals surface area contributed by atoms with Crippen LogP contribution in [0.5, 0.6) is 0 Å². The molecule has 2 fully saturated rings. The number of carbonyl (C=O) groups is 5. The summed E-state index contributed by atoms with van der Waals surface area (Å²) in [4.78, 5) is 68.5. The molecule has 1 unspecified atom stereocenters. The number of amides is 4. The zero-order chi connectivity index (χ0) is 32.5. The van der Waals surface area contributed by atoms with Gasteiger partial charge in [0, 0.05) is 24.4 Å². The number of allylic oxidation sites excluding steroid dienone is 1. The Kier molecular flexibility index (Phi) is 9.09. The van der Waals surface area contributed by atoms with Gasteiger partial charge in [0.25, 0.3) is 0 Å². The molecule has 244 valence electrons. The lowest BCUT2D eigenvalue weighted by molar-refractivity contribution is -0.145. The third-order valence-electron chi connectivity index (χ3n) is 8.76. The Balaban J connectivity index is 1.37. The van der Waals surface area contributed by atoms with E-state index >= 15 is 0 Å². The summed E-state index contributed by atoms with van der Waals surface area (Å²) >= 11 is 0. The number of nitrogens with zero attached hydrogens (tertiary/aromatic N) is 2. The minimum atomic E-state index is -1.49. The highest BCUT2D eigenvalue weighted by Crippen LogP contribution is 2.45. The molecule has 3 aliphatic heterocycles. The molecule has 1 aromatic rings. The monoisotopic (exact) mass is 628 g/mol. The van der Waals surface area contributed by atoms with Gasteiger partial charge in [-0.3, -0.25) is 14.5 Å². The van der Waals surface area contributed by atoms with Gasteiger partial charge in [-0.15, -0.1) is 0 Å². The predicted molar refractivity (Wildman–Crippen MR) is 158 cm³/mol. The number of hydrogen-bond acceptors (Lipinski definition) is 7. The maximum absolute atomic E-state index is 14.3. The van der Waals surface area contributed by atoms with Crippen LogP contribution in [0.4, 0.5) is 14.0 Å². The first-order valence-corrected chi connectivity index (χ1v) is 15.5. The highest BCUT2D eigenvalue weighted by Gasteiger charge is 2.61. The van der Waals surface area contributed by atoms with E-state index in [1.165, 1.54) is 15.9 Å². The quantitative estimate of drug-likeness (QED) is 0.429. The lowest BCUT2D eigenvalue weighted by atomic mass is 10.0. The SMILES string of the molecule is CC(C)(C)OC(=O)N[C@H]1CCCCCC=C[C@@H]2C[C@@]2(C(=O)O)NC(=O)C2C[C@@H](OC(=O)N3Cc4cccc(F)c4C3)CN2C1=O. The van der Waals surface area contributed by atoms with Crippen LogP contribution in [-0.2, 0) is 36.9 Å². The fraction of sp³-hybridized carbons (Fsp3) is 0.594. The van der Waals surface area contributed by atoms with Gasteiger partial charge in [-0.25, -0.2) is 18.8 Å². The standard InChI is InChI=1S/C32H41FN4O8/c1-31(2,3)45-29(42)34-24-13-8-6-4-5-7-11-20-15-32(20,28(40)41)35-26(38)25-14-21(17-37(25)27(24)39)44-30(43)36-16-19-10-9-12-23(33)22(19)18-36/h7,9-12,20-21,24-25H,4-6,8,13-18H2,1-3H3,(H,34,42)(H,35,38)(H,40,41)/t20-,21-,24+,25?,32-/m1/s1. The van der Waals surface area contributed by atoms with Gasteiger partial charge >= 0.3 is 18.2 Å². The van der Waals surface area contributed by atoms with Crippen molar-refractivity contribution in [2.45, 2.75) is 108 Å². The number of rotatable bonds is 3. The summed E-state index contributed by atoms with van der Waals surface area (Å²) < 4.78 is 25.4. The molecule has 3 N–H and O–H groups in total. The number of aliphatic carboxylic acids is 1. The minimum Gasteiger partial charge on any atom is -0.479 e. The third-order valence-corrected chi connectivity index (χ3v) is 8.76. The zero-order valence-corrected chi connectivity index (χ0v) is 25.8. The summed E-state index contributed by atoms with van der Waals surface area (Å²) in [7, 11) is 0. The molecule has 4 aliphatic rings. The normalized spacial score (nSPS) is 28.5. The molecule has 0 bridgehead atoms. The summed E-state index contributed by atoms with van der Waals surface area (Å²) in [6.45, 7) is 5.15. The van der Waals surface area contributed by atoms with Crippen LogP contribution in [-0.4, -0.2) is 80.7 Å². The van der Waals surface area contributed by atoms with E-state index in [-0.39, 0.29) is 44.8 Å². The van der Waals surface area contributed by atoms with Crippen LogP contribution >= 0.6 is 0 Å². The molecule has 4 amide bonds. The first-order chi connectivity index (χ1) is 21.3. The first kappa shape index (κ1) is 32.2. The van der Waals surface area contributed by atoms with E-state index in [2.05, 4.69) is 10.6 Å². The molecule has 3 heterocycles. The van der Waals surface area contributed by atoms with Crippen LogP contribution in [0.3, 0.4) is 0 Å². The fourth-order valence-corrected chi connectivity index (χ4v) is 6.32. The molecular formula is C32H41FN4O8.